The number of nitrogens with zero attached hydrogens (tertiary/aromatic N) is 2. The molecule has 12 heteroatoms. The van der Waals surface area contributed by atoms with E-state index in [4.69, 9.17) is 5.73 Å². The number of nitrogens with one attached hydrogen (secondary N) is 1. The predicted molar refractivity (Wildman–Crippen MR) is 159 cm³/mol. The number of amides is 1. The van der Waals surface area contributed by atoms with Crippen LogP contribution in [0.15, 0.2) is 36.4 Å². The molecule has 0 aliphatic heterocycles. The van der Waals surface area contributed by atoms with Crippen molar-refractivity contribution < 1.29 is 28.7 Å². The maximum atomic E-state index is 11.4. The van der Waals surface area contributed by atoms with Gasteiger partial charge >= 0.3 is 11.9 Å². The van der Waals surface area contributed by atoms with Crippen LogP contribution in [0.5, 0.6) is 0 Å². The molecule has 0 fully saturated rings. The van der Waals surface area contributed by atoms with E-state index in [-0.39, 0.29) is 29.3 Å². The van der Waals surface area contributed by atoms with Crippen LogP contribution in [0.2, 0.25) is 0 Å². The molecule has 2 aromatic carbocycles. The molecule has 0 aliphatic rings. The number of hydrogen-bond acceptors (Lipinski definition) is 11. The molecule has 0 saturated carbocycles. The minimum Gasteiger partial charge on any atom is -0.394 e. The Morgan fingerprint density at radius 1 is 0.750 bits per heavy atom. The van der Waals surface area contributed by atoms with E-state index in [1.807, 2.05) is 50.2 Å². The number of anilines is 2. The quantitative estimate of drug-likeness (QED) is 0.224. The number of ether oxygens (including phenoxy) is 1. The van der Waals surface area contributed by atoms with E-state index < -0.39 is 11.9 Å². The number of carbonyl (C=O) groups excluding carboxylic acids is 5. The molecule has 4 aromatic rings. The molecule has 0 bridgehead atoms. The van der Waals surface area contributed by atoms with Crippen LogP contribution in [0.25, 0.3) is 20.4 Å². The van der Waals surface area contributed by atoms with Crippen molar-refractivity contribution in [2.45, 2.75) is 60.3 Å². The second kappa shape index (κ2) is 14.4. The third-order valence-electron chi connectivity index (χ3n) is 5.63. The van der Waals surface area contributed by atoms with Gasteiger partial charge < -0.3 is 15.8 Å². The van der Waals surface area contributed by atoms with Gasteiger partial charge in [-0.1, -0.05) is 48.7 Å². The molecule has 0 radical (unpaired) electrons. The standard InChI is InChI=1S/C13H14N2O2S.C11H12N2OS.C4H6O3/c1-7(8(2)16)10-4-5-11-12(6-10)18-13(15-11)14-9(3)17;1-6(7(2)14)8-3-4-9-10(5-8)15-11(12)13-9;1-3(5)7-4(2)6/h4-7H,1-3H3,(H,14,15,17);3-6H,1-2H3,(H2,12,13);1-2H3. The smallest absolute Gasteiger partial charge is 0.310 e. The van der Waals surface area contributed by atoms with Crippen LogP contribution in [0.4, 0.5) is 10.3 Å². The first kappa shape index (κ1) is 32.2. The van der Waals surface area contributed by atoms with Crippen molar-refractivity contribution in [3.05, 3.63) is 47.5 Å². The Labute approximate surface area is 240 Å². The fraction of sp³-hybridized carbons (Fsp3) is 0.321. The van der Waals surface area contributed by atoms with Crippen molar-refractivity contribution in [2.75, 3.05) is 11.1 Å². The average molecular weight is 585 g/mol. The number of Topliss-reactive ketones (excluding diaryl/α,β-unsaturated/α-hetero) is 2. The van der Waals surface area contributed by atoms with Crippen LogP contribution in [0, 0.1) is 0 Å². The van der Waals surface area contributed by atoms with E-state index in [2.05, 4.69) is 20.0 Å². The third-order valence-corrected chi connectivity index (χ3v) is 7.41. The highest BCUT2D eigenvalue weighted by molar-refractivity contribution is 7.22. The number of fused-ring (bicyclic) bond motifs is 2. The van der Waals surface area contributed by atoms with Gasteiger partial charge in [-0.3, -0.25) is 24.0 Å². The number of benzene rings is 2. The number of ketones is 2. The summed E-state index contributed by atoms with van der Waals surface area (Å²) in [6, 6.07) is 11.6. The van der Waals surface area contributed by atoms with Crippen molar-refractivity contribution in [3.63, 3.8) is 0 Å². The molecule has 40 heavy (non-hydrogen) atoms. The maximum absolute atomic E-state index is 11.4. The van der Waals surface area contributed by atoms with Gasteiger partial charge in [0.25, 0.3) is 0 Å². The summed E-state index contributed by atoms with van der Waals surface area (Å²) in [6.07, 6.45) is 0. The molecule has 10 nitrogen and oxygen atoms in total. The lowest BCUT2D eigenvalue weighted by Gasteiger charge is -2.06. The number of hydrogen-bond donors (Lipinski definition) is 2. The topological polar surface area (TPSA) is 158 Å². The van der Waals surface area contributed by atoms with Crippen molar-refractivity contribution in [3.8, 4) is 0 Å². The SMILES string of the molecule is CC(=O)C(C)c1ccc2nc(N)sc2c1.CC(=O)Nc1nc2ccc(C(C)C(C)=O)cc2s1.CC(=O)OC(C)=O. The summed E-state index contributed by atoms with van der Waals surface area (Å²) in [7, 11) is 0. The summed E-state index contributed by atoms with van der Waals surface area (Å²) in [4.78, 5) is 61.7. The Morgan fingerprint density at radius 3 is 1.60 bits per heavy atom. The number of carbonyl (C=O) groups is 5. The van der Waals surface area contributed by atoms with Crippen LogP contribution >= 0.6 is 22.7 Å². The molecule has 212 valence electrons. The molecule has 4 rings (SSSR count). The largest absolute Gasteiger partial charge is 0.394 e. The lowest BCUT2D eigenvalue weighted by atomic mass is 9.98. The lowest BCUT2D eigenvalue weighted by molar-refractivity contribution is -0.156. The molecular weight excluding hydrogens is 552 g/mol. The zero-order chi connectivity index (χ0) is 30.1. The van der Waals surface area contributed by atoms with Gasteiger partial charge in [0.05, 0.1) is 20.4 Å². The number of aromatic nitrogens is 2. The van der Waals surface area contributed by atoms with Crippen molar-refractivity contribution >= 4 is 82.8 Å². The maximum Gasteiger partial charge on any atom is 0.310 e. The summed E-state index contributed by atoms with van der Waals surface area (Å²) >= 11 is 2.87. The first-order chi connectivity index (χ1) is 18.7. The van der Waals surface area contributed by atoms with Crippen LogP contribution in [-0.2, 0) is 28.7 Å². The van der Waals surface area contributed by atoms with Crippen LogP contribution in [-0.4, -0.2) is 39.4 Å². The van der Waals surface area contributed by atoms with Gasteiger partial charge in [-0.15, -0.1) is 0 Å². The number of esters is 2. The summed E-state index contributed by atoms with van der Waals surface area (Å²) in [5, 5.41) is 3.82. The Bertz CT molecular complexity index is 1550. The highest BCUT2D eigenvalue weighted by Crippen LogP contribution is 2.30. The molecule has 0 spiro atoms. The molecule has 2 heterocycles. The fourth-order valence-electron chi connectivity index (χ4n) is 3.31. The van der Waals surface area contributed by atoms with E-state index in [0.717, 1.165) is 31.6 Å². The van der Waals surface area contributed by atoms with Gasteiger partial charge in [0, 0.05) is 32.6 Å². The third kappa shape index (κ3) is 9.62. The minimum atomic E-state index is -0.562. The zero-order valence-electron chi connectivity index (χ0n) is 23.4. The predicted octanol–water partition coefficient (Wildman–Crippen LogP) is 5.61. The molecule has 0 saturated heterocycles. The number of rotatable bonds is 5. The molecular formula is C28H32N4O6S2. The highest BCUT2D eigenvalue weighted by Gasteiger charge is 2.13. The van der Waals surface area contributed by atoms with Crippen molar-refractivity contribution in [2.24, 2.45) is 0 Å². The van der Waals surface area contributed by atoms with Crippen LogP contribution < -0.4 is 11.1 Å². The first-order valence-electron chi connectivity index (χ1n) is 12.2. The average Bonchev–Trinajstić information content (AvgIpc) is 3.42. The molecule has 1 amide bonds. The van der Waals surface area contributed by atoms with Crippen molar-refractivity contribution in [1.29, 1.82) is 0 Å². The number of thiazole rings is 2. The van der Waals surface area contributed by atoms with Gasteiger partial charge in [0.15, 0.2) is 10.3 Å². The number of nitrogen functional groups attached to an aromatic ring is 1. The van der Waals surface area contributed by atoms with E-state index in [1.54, 1.807) is 13.8 Å². The first-order valence-corrected chi connectivity index (χ1v) is 13.8. The summed E-state index contributed by atoms with van der Waals surface area (Å²) in [5.74, 6) is -1.11. The summed E-state index contributed by atoms with van der Waals surface area (Å²) in [5.41, 5.74) is 9.36. The second-order valence-corrected chi connectivity index (χ2v) is 11.0. The summed E-state index contributed by atoms with van der Waals surface area (Å²) in [6.45, 7) is 10.8. The van der Waals surface area contributed by atoms with E-state index in [0.29, 0.717) is 10.3 Å². The Kier molecular flexibility index (Phi) is 11.6. The Balaban J connectivity index is 0.000000230. The zero-order valence-corrected chi connectivity index (χ0v) is 25.0. The minimum absolute atomic E-state index is 0.0577. The van der Waals surface area contributed by atoms with Crippen LogP contribution in [0.1, 0.15) is 71.4 Å². The van der Waals surface area contributed by atoms with Gasteiger partial charge in [0.2, 0.25) is 5.91 Å². The molecule has 3 N–H and O–H groups in total. The Morgan fingerprint density at radius 2 is 1.20 bits per heavy atom. The lowest BCUT2D eigenvalue weighted by Crippen LogP contribution is -2.04. The number of nitrogens with two attached hydrogens (primary N) is 1. The molecule has 2 unspecified atom stereocenters. The van der Waals surface area contributed by atoms with Gasteiger partial charge in [-0.2, -0.15) is 0 Å². The van der Waals surface area contributed by atoms with Gasteiger partial charge in [-0.25, -0.2) is 9.97 Å². The monoisotopic (exact) mass is 584 g/mol. The van der Waals surface area contributed by atoms with Gasteiger partial charge in [0.1, 0.15) is 11.6 Å². The molecule has 2 atom stereocenters. The normalized spacial score (nSPS) is 11.8. The Hall–Kier alpha value is -4.03. The molecule has 0 aliphatic carbocycles. The van der Waals surface area contributed by atoms with E-state index >= 15 is 0 Å². The van der Waals surface area contributed by atoms with Crippen molar-refractivity contribution in [1.82, 2.24) is 9.97 Å². The van der Waals surface area contributed by atoms with E-state index in [1.165, 1.54) is 43.4 Å². The fourth-order valence-corrected chi connectivity index (χ4v) is 5.06. The second-order valence-electron chi connectivity index (χ2n) is 8.96. The highest BCUT2D eigenvalue weighted by atomic mass is 32.1. The van der Waals surface area contributed by atoms with E-state index in [9.17, 15) is 24.0 Å². The summed E-state index contributed by atoms with van der Waals surface area (Å²) < 4.78 is 5.99. The van der Waals surface area contributed by atoms with Gasteiger partial charge in [-0.05, 0) is 49.2 Å². The molecule has 2 aromatic heterocycles. The van der Waals surface area contributed by atoms with Crippen LogP contribution in [0.3, 0.4) is 0 Å².